The number of fused-ring (bicyclic) bond motifs is 1. The van der Waals surface area contributed by atoms with Crippen molar-refractivity contribution >= 4 is 51.8 Å². The second-order valence-corrected chi connectivity index (χ2v) is 5.05. The van der Waals surface area contributed by atoms with Gasteiger partial charge in [-0.25, -0.2) is 4.98 Å². The minimum Gasteiger partial charge on any atom is -0.353 e. The molecule has 0 spiro atoms. The minimum absolute atomic E-state index is 0.348. The molecule has 2 aromatic rings. The standard InChI is InChI=1S/C10H8Cl3N3/c11-5-3-6-9(8(13)7(5)12)16-10(15-6)14-4-1-2-4/h3-4H,1-2H2,(H2,14,15,16). The molecule has 0 amide bonds. The van der Waals surface area contributed by atoms with E-state index in [1.807, 2.05) is 0 Å². The van der Waals surface area contributed by atoms with Crippen molar-refractivity contribution in [3.63, 3.8) is 0 Å². The lowest BCUT2D eigenvalue weighted by Gasteiger charge is -1.98. The van der Waals surface area contributed by atoms with E-state index in [-0.39, 0.29) is 0 Å². The normalized spacial score (nSPS) is 15.7. The van der Waals surface area contributed by atoms with Crippen LogP contribution < -0.4 is 5.32 Å². The topological polar surface area (TPSA) is 40.7 Å². The third-order valence-electron chi connectivity index (χ3n) is 2.53. The molecule has 3 rings (SSSR count). The maximum atomic E-state index is 6.07. The Kier molecular flexibility index (Phi) is 2.42. The molecule has 0 bridgehead atoms. The van der Waals surface area contributed by atoms with Crippen molar-refractivity contribution in [2.24, 2.45) is 0 Å². The van der Waals surface area contributed by atoms with E-state index in [1.54, 1.807) is 6.07 Å². The van der Waals surface area contributed by atoms with Crippen LogP contribution >= 0.6 is 34.8 Å². The highest BCUT2D eigenvalue weighted by Crippen LogP contribution is 2.36. The predicted octanol–water partition coefficient (Wildman–Crippen LogP) is 4.10. The van der Waals surface area contributed by atoms with Gasteiger partial charge >= 0.3 is 0 Å². The van der Waals surface area contributed by atoms with E-state index < -0.39 is 0 Å². The first kappa shape index (κ1) is 10.5. The van der Waals surface area contributed by atoms with E-state index in [9.17, 15) is 0 Å². The summed E-state index contributed by atoms with van der Waals surface area (Å²) in [6.45, 7) is 0. The molecule has 0 atom stereocenters. The van der Waals surface area contributed by atoms with E-state index in [2.05, 4.69) is 15.3 Å². The van der Waals surface area contributed by atoms with Gasteiger partial charge in [-0.1, -0.05) is 34.8 Å². The number of aromatic amines is 1. The molecular weight excluding hydrogens is 268 g/mol. The van der Waals surface area contributed by atoms with Crippen LogP contribution in [0.1, 0.15) is 12.8 Å². The van der Waals surface area contributed by atoms with Crippen LogP contribution in [0.3, 0.4) is 0 Å². The van der Waals surface area contributed by atoms with Gasteiger partial charge in [0.05, 0.1) is 20.6 Å². The number of aromatic nitrogens is 2. The zero-order valence-electron chi connectivity index (χ0n) is 8.15. The van der Waals surface area contributed by atoms with Gasteiger partial charge in [0, 0.05) is 6.04 Å². The number of imidazole rings is 1. The van der Waals surface area contributed by atoms with Gasteiger partial charge in [0.25, 0.3) is 0 Å². The summed E-state index contributed by atoms with van der Waals surface area (Å²) in [5, 5.41) is 4.43. The molecule has 1 saturated carbocycles. The predicted molar refractivity (Wildman–Crippen MR) is 67.8 cm³/mol. The summed E-state index contributed by atoms with van der Waals surface area (Å²) in [5.74, 6) is 0.720. The number of H-pyrrole nitrogens is 1. The molecule has 1 heterocycles. The summed E-state index contributed by atoms with van der Waals surface area (Å²) in [7, 11) is 0. The fraction of sp³-hybridized carbons (Fsp3) is 0.300. The maximum Gasteiger partial charge on any atom is 0.201 e. The summed E-state index contributed by atoms with van der Waals surface area (Å²) in [4.78, 5) is 7.48. The molecule has 1 aromatic carbocycles. The summed E-state index contributed by atoms with van der Waals surface area (Å²) >= 11 is 18.0. The van der Waals surface area contributed by atoms with E-state index in [0.717, 1.165) is 11.5 Å². The fourth-order valence-electron chi connectivity index (χ4n) is 1.55. The van der Waals surface area contributed by atoms with Crippen molar-refractivity contribution in [3.05, 3.63) is 21.1 Å². The number of hydrogen-bond acceptors (Lipinski definition) is 2. The van der Waals surface area contributed by atoms with Crippen molar-refractivity contribution < 1.29 is 0 Å². The van der Waals surface area contributed by atoms with Gasteiger partial charge in [0.15, 0.2) is 0 Å². The third-order valence-corrected chi connectivity index (χ3v) is 3.78. The van der Waals surface area contributed by atoms with Crippen molar-refractivity contribution in [2.45, 2.75) is 18.9 Å². The Balaban J connectivity index is 2.12. The van der Waals surface area contributed by atoms with Crippen LogP contribution in [0.4, 0.5) is 5.95 Å². The van der Waals surface area contributed by atoms with Crippen LogP contribution in [-0.4, -0.2) is 16.0 Å². The average Bonchev–Trinajstić information content (AvgIpc) is 2.96. The molecule has 1 aromatic heterocycles. The summed E-state index contributed by atoms with van der Waals surface area (Å²) in [6.07, 6.45) is 2.37. The Labute approximate surface area is 107 Å². The molecule has 16 heavy (non-hydrogen) atoms. The SMILES string of the molecule is Clc1cc2[nH]c(NC3CC3)nc2c(Cl)c1Cl. The van der Waals surface area contributed by atoms with Crippen molar-refractivity contribution in [3.8, 4) is 0 Å². The molecule has 0 unspecified atom stereocenters. The van der Waals surface area contributed by atoms with Crippen LogP contribution in [0.15, 0.2) is 6.07 Å². The number of nitrogens with one attached hydrogen (secondary N) is 2. The molecule has 1 aliphatic carbocycles. The van der Waals surface area contributed by atoms with Crippen molar-refractivity contribution in [1.82, 2.24) is 9.97 Å². The quantitative estimate of drug-likeness (QED) is 0.811. The maximum absolute atomic E-state index is 6.07. The smallest absolute Gasteiger partial charge is 0.201 e. The highest BCUT2D eigenvalue weighted by Gasteiger charge is 2.22. The molecule has 0 aliphatic heterocycles. The highest BCUT2D eigenvalue weighted by molar-refractivity contribution is 6.50. The molecule has 84 valence electrons. The zero-order valence-corrected chi connectivity index (χ0v) is 10.4. The lowest BCUT2D eigenvalue weighted by molar-refractivity contribution is 1.10. The third kappa shape index (κ3) is 1.73. The van der Waals surface area contributed by atoms with E-state index in [0.29, 0.717) is 26.6 Å². The van der Waals surface area contributed by atoms with Gasteiger partial charge in [-0.2, -0.15) is 0 Å². The average molecular weight is 277 g/mol. The fourth-order valence-corrected chi connectivity index (χ4v) is 2.19. The largest absolute Gasteiger partial charge is 0.353 e. The van der Waals surface area contributed by atoms with E-state index in [1.165, 1.54) is 12.8 Å². The molecule has 0 saturated heterocycles. The number of hydrogen-bond donors (Lipinski definition) is 2. The summed E-state index contributed by atoms with van der Waals surface area (Å²) in [6, 6.07) is 2.26. The summed E-state index contributed by atoms with van der Waals surface area (Å²) in [5.41, 5.74) is 1.45. The van der Waals surface area contributed by atoms with Gasteiger partial charge in [0.2, 0.25) is 5.95 Å². The second kappa shape index (κ2) is 3.69. The van der Waals surface area contributed by atoms with Crippen LogP contribution in [0, 0.1) is 0 Å². The Morgan fingerprint density at radius 3 is 2.69 bits per heavy atom. The van der Waals surface area contributed by atoms with Crippen molar-refractivity contribution in [2.75, 3.05) is 5.32 Å². The van der Waals surface area contributed by atoms with Crippen molar-refractivity contribution in [1.29, 1.82) is 0 Å². The number of halogens is 3. The lowest BCUT2D eigenvalue weighted by Crippen LogP contribution is -2.01. The summed E-state index contributed by atoms with van der Waals surface area (Å²) < 4.78 is 0. The van der Waals surface area contributed by atoms with Crippen LogP contribution in [0.5, 0.6) is 0 Å². The lowest BCUT2D eigenvalue weighted by atomic mass is 10.3. The van der Waals surface area contributed by atoms with Crippen LogP contribution in [0.25, 0.3) is 11.0 Å². The highest BCUT2D eigenvalue weighted by atomic mass is 35.5. The zero-order chi connectivity index (χ0) is 11.3. The monoisotopic (exact) mass is 275 g/mol. The molecule has 0 radical (unpaired) electrons. The molecule has 1 fully saturated rings. The first-order chi connectivity index (χ1) is 7.65. The van der Waals surface area contributed by atoms with Gasteiger partial charge < -0.3 is 10.3 Å². The number of anilines is 1. The van der Waals surface area contributed by atoms with Crippen LogP contribution in [0.2, 0.25) is 15.1 Å². The Bertz CT molecular complexity index is 560. The van der Waals surface area contributed by atoms with Gasteiger partial charge in [-0.05, 0) is 18.9 Å². The van der Waals surface area contributed by atoms with Crippen LogP contribution in [-0.2, 0) is 0 Å². The first-order valence-electron chi connectivity index (χ1n) is 4.95. The van der Waals surface area contributed by atoms with Gasteiger partial charge in [0.1, 0.15) is 5.52 Å². The second-order valence-electron chi connectivity index (χ2n) is 3.89. The van der Waals surface area contributed by atoms with Gasteiger partial charge in [-0.3, -0.25) is 0 Å². The number of rotatable bonds is 2. The molecule has 6 heteroatoms. The number of nitrogens with zero attached hydrogens (tertiary/aromatic N) is 1. The Morgan fingerprint density at radius 2 is 2.00 bits per heavy atom. The molecular formula is C10H8Cl3N3. The number of benzene rings is 1. The Morgan fingerprint density at radius 1 is 1.25 bits per heavy atom. The Hall–Kier alpha value is -0.640. The molecule has 2 N–H and O–H groups in total. The molecule has 1 aliphatic rings. The van der Waals surface area contributed by atoms with E-state index >= 15 is 0 Å². The van der Waals surface area contributed by atoms with Gasteiger partial charge in [-0.15, -0.1) is 0 Å². The molecule has 3 nitrogen and oxygen atoms in total. The minimum atomic E-state index is 0.348. The first-order valence-corrected chi connectivity index (χ1v) is 6.08. The van der Waals surface area contributed by atoms with E-state index in [4.69, 9.17) is 34.8 Å².